The van der Waals surface area contributed by atoms with E-state index in [0.29, 0.717) is 11.0 Å². The average Bonchev–Trinajstić information content (AvgIpc) is 3.06. The lowest BCUT2D eigenvalue weighted by Crippen LogP contribution is -2.50. The molecule has 2 rings (SSSR count). The van der Waals surface area contributed by atoms with Crippen molar-refractivity contribution in [3.8, 4) is 0 Å². The van der Waals surface area contributed by atoms with Gasteiger partial charge in [-0.2, -0.15) is 0 Å². The van der Waals surface area contributed by atoms with Crippen molar-refractivity contribution in [1.82, 2.24) is 5.32 Å². The van der Waals surface area contributed by atoms with Gasteiger partial charge in [-0.1, -0.05) is 45.9 Å². The summed E-state index contributed by atoms with van der Waals surface area (Å²) >= 11 is 0. The zero-order valence-electron chi connectivity index (χ0n) is 19.8. The van der Waals surface area contributed by atoms with Crippen molar-refractivity contribution in [1.29, 1.82) is 0 Å². The fraction of sp³-hybridized carbons (Fsp3) is 0.696. The largest absolute Gasteiger partial charge is 0.495 e. The SMILES string of the molecule is CCC1(CC)OB(c2cc(C(F)F)ccc2CNC(=O)OC(C)(C)C)OC1(CC)CC. The first-order chi connectivity index (χ1) is 14.5. The molecule has 1 aromatic rings. The van der Waals surface area contributed by atoms with E-state index in [2.05, 4.69) is 33.0 Å². The molecular formula is C23H36BF2NO4. The van der Waals surface area contributed by atoms with E-state index in [4.69, 9.17) is 14.0 Å². The molecule has 0 unspecified atom stereocenters. The summed E-state index contributed by atoms with van der Waals surface area (Å²) in [5.74, 6) is 0. The van der Waals surface area contributed by atoms with Crippen LogP contribution in [0.4, 0.5) is 13.6 Å². The number of carbonyl (C=O) groups excluding carboxylic acids is 1. The summed E-state index contributed by atoms with van der Waals surface area (Å²) in [6.07, 6.45) is -0.179. The molecule has 1 N–H and O–H groups in total. The van der Waals surface area contributed by atoms with E-state index in [1.54, 1.807) is 26.8 Å². The molecule has 0 bridgehead atoms. The standard InChI is InChI=1S/C23H36BF2NO4/c1-8-22(9-2)23(10-3,11-4)31-24(30-22)18-14-16(19(25)26)12-13-17(18)15-27-20(28)29-21(5,6)7/h12-14,19H,8-11,15H2,1-7H3,(H,27,28). The van der Waals surface area contributed by atoms with E-state index < -0.39 is 36.4 Å². The highest BCUT2D eigenvalue weighted by molar-refractivity contribution is 6.62. The number of halogens is 2. The summed E-state index contributed by atoms with van der Waals surface area (Å²) < 4.78 is 45.2. The maximum absolute atomic E-state index is 13.5. The van der Waals surface area contributed by atoms with Crippen LogP contribution in [0.3, 0.4) is 0 Å². The molecular weight excluding hydrogens is 403 g/mol. The second-order valence-electron chi connectivity index (χ2n) is 9.08. The third-order valence-corrected chi connectivity index (χ3v) is 6.28. The van der Waals surface area contributed by atoms with Crippen molar-refractivity contribution in [2.75, 3.05) is 0 Å². The monoisotopic (exact) mass is 439 g/mol. The van der Waals surface area contributed by atoms with Gasteiger partial charge < -0.3 is 19.4 Å². The molecule has 1 saturated heterocycles. The van der Waals surface area contributed by atoms with Crippen molar-refractivity contribution in [3.05, 3.63) is 29.3 Å². The Morgan fingerprint density at radius 3 is 2.00 bits per heavy atom. The molecule has 174 valence electrons. The number of rotatable bonds is 8. The molecule has 1 fully saturated rings. The third-order valence-electron chi connectivity index (χ3n) is 6.28. The summed E-state index contributed by atoms with van der Waals surface area (Å²) in [4.78, 5) is 12.1. The number of benzene rings is 1. The van der Waals surface area contributed by atoms with Crippen molar-refractivity contribution in [2.45, 2.75) is 104 Å². The highest BCUT2D eigenvalue weighted by Crippen LogP contribution is 2.47. The number of hydrogen-bond donors (Lipinski definition) is 1. The van der Waals surface area contributed by atoms with Crippen LogP contribution in [0.25, 0.3) is 0 Å². The van der Waals surface area contributed by atoms with E-state index in [-0.39, 0.29) is 12.1 Å². The van der Waals surface area contributed by atoms with Gasteiger partial charge in [-0.05, 0) is 57.5 Å². The molecule has 0 atom stereocenters. The normalized spacial score (nSPS) is 17.8. The molecule has 1 aliphatic rings. The number of carbonyl (C=O) groups is 1. The minimum atomic E-state index is -2.61. The van der Waals surface area contributed by atoms with Gasteiger partial charge in [-0.15, -0.1) is 0 Å². The molecule has 31 heavy (non-hydrogen) atoms. The van der Waals surface area contributed by atoms with Gasteiger partial charge in [0.1, 0.15) is 5.60 Å². The van der Waals surface area contributed by atoms with Crippen LogP contribution in [-0.2, 0) is 20.6 Å². The molecule has 0 spiro atoms. The van der Waals surface area contributed by atoms with Gasteiger partial charge in [0.25, 0.3) is 6.43 Å². The molecule has 0 saturated carbocycles. The lowest BCUT2D eigenvalue weighted by atomic mass is 9.75. The van der Waals surface area contributed by atoms with Crippen LogP contribution in [0.15, 0.2) is 18.2 Å². The van der Waals surface area contributed by atoms with Crippen LogP contribution < -0.4 is 10.8 Å². The number of nitrogens with one attached hydrogen (secondary N) is 1. The first-order valence-electron chi connectivity index (χ1n) is 11.2. The van der Waals surface area contributed by atoms with E-state index in [1.807, 2.05) is 0 Å². The Morgan fingerprint density at radius 2 is 1.58 bits per heavy atom. The lowest BCUT2D eigenvalue weighted by molar-refractivity contribution is -0.0601. The van der Waals surface area contributed by atoms with Gasteiger partial charge in [0.15, 0.2) is 0 Å². The van der Waals surface area contributed by atoms with Crippen LogP contribution >= 0.6 is 0 Å². The Kier molecular flexibility index (Phi) is 8.14. The van der Waals surface area contributed by atoms with E-state index in [1.165, 1.54) is 12.1 Å². The number of hydrogen-bond acceptors (Lipinski definition) is 4. The summed E-state index contributed by atoms with van der Waals surface area (Å²) in [5.41, 5.74) is -0.565. The second-order valence-corrected chi connectivity index (χ2v) is 9.08. The molecule has 8 heteroatoms. The van der Waals surface area contributed by atoms with Gasteiger partial charge in [0, 0.05) is 12.1 Å². The van der Waals surface area contributed by atoms with Crippen molar-refractivity contribution in [2.24, 2.45) is 0 Å². The molecule has 1 aliphatic heterocycles. The van der Waals surface area contributed by atoms with Gasteiger partial charge in [-0.25, -0.2) is 13.6 Å². The quantitative estimate of drug-likeness (QED) is 0.543. The van der Waals surface area contributed by atoms with E-state index in [0.717, 1.165) is 25.7 Å². The lowest BCUT2D eigenvalue weighted by Gasteiger charge is -2.42. The molecule has 0 aromatic heterocycles. The minimum Gasteiger partial charge on any atom is -0.444 e. The van der Waals surface area contributed by atoms with Crippen molar-refractivity contribution < 1.29 is 27.6 Å². The molecule has 1 amide bonds. The second kappa shape index (κ2) is 9.86. The van der Waals surface area contributed by atoms with Gasteiger partial charge in [0.2, 0.25) is 0 Å². The topological polar surface area (TPSA) is 56.8 Å². The first-order valence-corrected chi connectivity index (χ1v) is 11.2. The van der Waals surface area contributed by atoms with Crippen LogP contribution in [0.5, 0.6) is 0 Å². The van der Waals surface area contributed by atoms with Crippen molar-refractivity contribution >= 4 is 18.7 Å². The highest BCUT2D eigenvalue weighted by Gasteiger charge is 2.58. The number of alkyl carbamates (subject to hydrolysis) is 1. The predicted molar refractivity (Wildman–Crippen MR) is 119 cm³/mol. The average molecular weight is 439 g/mol. The fourth-order valence-electron chi connectivity index (χ4n) is 4.51. The van der Waals surface area contributed by atoms with Gasteiger partial charge >= 0.3 is 13.2 Å². The van der Waals surface area contributed by atoms with E-state index >= 15 is 0 Å². The predicted octanol–water partition coefficient (Wildman–Crippen LogP) is 5.51. The smallest absolute Gasteiger partial charge is 0.444 e. The van der Waals surface area contributed by atoms with E-state index in [9.17, 15) is 13.6 Å². The Bertz CT molecular complexity index is 738. The molecule has 0 radical (unpaired) electrons. The van der Waals surface area contributed by atoms with Crippen molar-refractivity contribution in [3.63, 3.8) is 0 Å². The number of alkyl halides is 2. The zero-order chi connectivity index (χ0) is 23.4. The fourth-order valence-corrected chi connectivity index (χ4v) is 4.51. The molecule has 0 aliphatic carbocycles. The molecule has 1 heterocycles. The Labute approximate surface area is 185 Å². The van der Waals surface area contributed by atoms with Crippen LogP contribution in [0.1, 0.15) is 91.7 Å². The van der Waals surface area contributed by atoms with Gasteiger partial charge in [-0.3, -0.25) is 0 Å². The maximum atomic E-state index is 13.5. The summed E-state index contributed by atoms with van der Waals surface area (Å²) in [5, 5.41) is 2.71. The first kappa shape index (κ1) is 25.6. The number of ether oxygens (including phenoxy) is 1. The Hall–Kier alpha value is -1.67. The zero-order valence-corrected chi connectivity index (χ0v) is 19.8. The maximum Gasteiger partial charge on any atom is 0.495 e. The minimum absolute atomic E-state index is 0.104. The summed E-state index contributed by atoms with van der Waals surface area (Å²) in [7, 11) is -0.783. The molecule has 1 aromatic carbocycles. The third kappa shape index (κ3) is 5.40. The molecule has 5 nitrogen and oxygen atoms in total. The Balaban J connectivity index is 2.39. The van der Waals surface area contributed by atoms with Gasteiger partial charge in [0.05, 0.1) is 11.2 Å². The highest BCUT2D eigenvalue weighted by atomic mass is 19.3. The van der Waals surface area contributed by atoms with Crippen LogP contribution in [0, 0.1) is 0 Å². The van der Waals surface area contributed by atoms with Crippen LogP contribution in [0.2, 0.25) is 0 Å². The summed E-state index contributed by atoms with van der Waals surface area (Å²) in [6.45, 7) is 13.7. The summed E-state index contributed by atoms with van der Waals surface area (Å²) in [6, 6.07) is 4.40. The Morgan fingerprint density at radius 1 is 1.06 bits per heavy atom. The number of amides is 1. The van der Waals surface area contributed by atoms with Crippen LogP contribution in [-0.4, -0.2) is 30.0 Å².